The van der Waals surface area contributed by atoms with Crippen molar-refractivity contribution in [2.24, 2.45) is 5.92 Å². The van der Waals surface area contributed by atoms with E-state index in [-0.39, 0.29) is 29.2 Å². The molecule has 1 unspecified atom stereocenters. The molecule has 7 heteroatoms. The van der Waals surface area contributed by atoms with E-state index >= 15 is 0 Å². The molecule has 2 N–H and O–H groups in total. The van der Waals surface area contributed by atoms with Gasteiger partial charge in [0.2, 0.25) is 11.8 Å². The Balaban J connectivity index is 2.21. The van der Waals surface area contributed by atoms with Crippen LogP contribution in [0.2, 0.25) is 5.02 Å². The second kappa shape index (κ2) is 7.66. The summed E-state index contributed by atoms with van der Waals surface area (Å²) in [7, 11) is 1.51. The molecule has 1 aromatic rings. The quantitative estimate of drug-likeness (QED) is 0.854. The minimum atomic E-state index is -0.529. The van der Waals surface area contributed by atoms with Gasteiger partial charge in [-0.05, 0) is 30.5 Å². The lowest BCUT2D eigenvalue weighted by Gasteiger charge is -2.29. The lowest BCUT2D eigenvalue weighted by molar-refractivity contribution is -0.136. The summed E-state index contributed by atoms with van der Waals surface area (Å²) in [6.45, 7) is 4.42. The molecule has 1 aliphatic heterocycles. The van der Waals surface area contributed by atoms with Crippen molar-refractivity contribution in [2.75, 3.05) is 18.9 Å². The zero-order chi connectivity index (χ0) is 17.9. The van der Waals surface area contributed by atoms with E-state index < -0.39 is 6.04 Å². The van der Waals surface area contributed by atoms with E-state index in [1.54, 1.807) is 17.0 Å². The Morgan fingerprint density at radius 1 is 1.29 bits per heavy atom. The van der Waals surface area contributed by atoms with Crippen molar-refractivity contribution >= 4 is 35.0 Å². The number of anilines is 1. The Morgan fingerprint density at radius 2 is 2.00 bits per heavy atom. The molecular formula is C17H22ClN3O3. The molecule has 1 heterocycles. The molecule has 2 rings (SSSR count). The van der Waals surface area contributed by atoms with Crippen LogP contribution in [0.3, 0.4) is 0 Å². The zero-order valence-electron chi connectivity index (χ0n) is 14.1. The van der Waals surface area contributed by atoms with Crippen LogP contribution < -0.4 is 10.6 Å². The van der Waals surface area contributed by atoms with Crippen LogP contribution in [-0.2, 0) is 9.59 Å². The van der Waals surface area contributed by atoms with Gasteiger partial charge in [0.25, 0.3) is 5.91 Å². The highest BCUT2D eigenvalue weighted by Gasteiger charge is 2.34. The molecule has 0 spiro atoms. The van der Waals surface area contributed by atoms with Gasteiger partial charge in [-0.1, -0.05) is 25.4 Å². The number of carbonyl (C=O) groups excluding carboxylic acids is 3. The molecule has 24 heavy (non-hydrogen) atoms. The van der Waals surface area contributed by atoms with Gasteiger partial charge >= 0.3 is 0 Å². The molecular weight excluding hydrogens is 330 g/mol. The fraction of sp³-hybridized carbons (Fsp3) is 0.471. The standard InChI is InChI=1S/C17H22ClN3O3/c1-10(2)15(21-8-4-5-14(21)22)17(24)20-11-6-7-13(18)12(9-11)16(23)19-3/h6-7,9-10,15H,4-5,8H2,1-3H3,(H,19,23)(H,20,24). The summed E-state index contributed by atoms with van der Waals surface area (Å²) in [5, 5.41) is 5.61. The number of nitrogens with one attached hydrogen (secondary N) is 2. The van der Waals surface area contributed by atoms with Crippen LogP contribution in [0.4, 0.5) is 5.69 Å². The number of hydrogen-bond donors (Lipinski definition) is 2. The molecule has 3 amide bonds. The van der Waals surface area contributed by atoms with Gasteiger partial charge in [-0.2, -0.15) is 0 Å². The number of rotatable bonds is 5. The molecule has 0 saturated carbocycles. The third kappa shape index (κ3) is 3.87. The third-order valence-electron chi connectivity index (χ3n) is 4.05. The van der Waals surface area contributed by atoms with Gasteiger partial charge in [0.15, 0.2) is 0 Å². The van der Waals surface area contributed by atoms with Crippen molar-refractivity contribution in [3.05, 3.63) is 28.8 Å². The number of carbonyl (C=O) groups is 3. The molecule has 6 nitrogen and oxygen atoms in total. The van der Waals surface area contributed by atoms with Gasteiger partial charge in [-0.3, -0.25) is 14.4 Å². The first-order valence-electron chi connectivity index (χ1n) is 7.97. The fourth-order valence-corrected chi connectivity index (χ4v) is 3.10. The number of halogens is 1. The first-order chi connectivity index (χ1) is 11.3. The minimum absolute atomic E-state index is 0.00556. The predicted octanol–water partition coefficient (Wildman–Crippen LogP) is 2.29. The lowest BCUT2D eigenvalue weighted by Crippen LogP contribution is -2.48. The SMILES string of the molecule is CNC(=O)c1cc(NC(=O)C(C(C)C)N2CCCC2=O)ccc1Cl. The molecule has 1 aromatic carbocycles. The Bertz CT molecular complexity index is 660. The van der Waals surface area contributed by atoms with Crippen LogP contribution in [0.15, 0.2) is 18.2 Å². The third-order valence-corrected chi connectivity index (χ3v) is 4.38. The second-order valence-corrected chi connectivity index (χ2v) is 6.55. The van der Waals surface area contributed by atoms with Gasteiger partial charge < -0.3 is 15.5 Å². The van der Waals surface area contributed by atoms with E-state index in [1.807, 2.05) is 13.8 Å². The number of nitrogens with zero attached hydrogens (tertiary/aromatic N) is 1. The van der Waals surface area contributed by atoms with Gasteiger partial charge in [-0.15, -0.1) is 0 Å². The van der Waals surface area contributed by atoms with Crippen molar-refractivity contribution in [1.82, 2.24) is 10.2 Å². The number of benzene rings is 1. The molecule has 1 aliphatic rings. The summed E-state index contributed by atoms with van der Waals surface area (Å²) in [6.07, 6.45) is 1.26. The first kappa shape index (κ1) is 18.3. The molecule has 0 bridgehead atoms. The average Bonchev–Trinajstić information content (AvgIpc) is 2.94. The van der Waals surface area contributed by atoms with E-state index in [0.717, 1.165) is 6.42 Å². The maximum absolute atomic E-state index is 12.7. The smallest absolute Gasteiger partial charge is 0.252 e. The Kier molecular flexibility index (Phi) is 5.83. The summed E-state index contributed by atoms with van der Waals surface area (Å²) in [5.74, 6) is -0.597. The van der Waals surface area contributed by atoms with Crippen LogP contribution >= 0.6 is 11.6 Å². The molecule has 1 atom stereocenters. The van der Waals surface area contributed by atoms with Crippen molar-refractivity contribution in [1.29, 1.82) is 0 Å². The van der Waals surface area contributed by atoms with E-state index in [2.05, 4.69) is 10.6 Å². The Morgan fingerprint density at radius 3 is 2.54 bits per heavy atom. The largest absolute Gasteiger partial charge is 0.355 e. The summed E-state index contributed by atoms with van der Waals surface area (Å²) in [4.78, 5) is 38.1. The number of amides is 3. The molecule has 130 valence electrons. The second-order valence-electron chi connectivity index (χ2n) is 6.14. The van der Waals surface area contributed by atoms with Crippen molar-refractivity contribution in [2.45, 2.75) is 32.7 Å². The van der Waals surface area contributed by atoms with E-state index in [9.17, 15) is 14.4 Å². The van der Waals surface area contributed by atoms with E-state index in [1.165, 1.54) is 13.1 Å². The number of likely N-dealkylation sites (tertiary alicyclic amines) is 1. The molecule has 0 aliphatic carbocycles. The highest BCUT2D eigenvalue weighted by molar-refractivity contribution is 6.34. The topological polar surface area (TPSA) is 78.5 Å². The van der Waals surface area contributed by atoms with Crippen LogP contribution in [0.25, 0.3) is 0 Å². The molecule has 1 saturated heterocycles. The fourth-order valence-electron chi connectivity index (χ4n) is 2.90. The first-order valence-corrected chi connectivity index (χ1v) is 8.35. The Labute approximate surface area is 146 Å². The van der Waals surface area contributed by atoms with Gasteiger partial charge in [0, 0.05) is 25.7 Å². The molecule has 0 radical (unpaired) electrons. The highest BCUT2D eigenvalue weighted by atomic mass is 35.5. The summed E-state index contributed by atoms with van der Waals surface area (Å²) >= 11 is 6.02. The van der Waals surface area contributed by atoms with E-state index in [4.69, 9.17) is 11.6 Å². The zero-order valence-corrected chi connectivity index (χ0v) is 14.8. The lowest BCUT2D eigenvalue weighted by atomic mass is 10.0. The van der Waals surface area contributed by atoms with Crippen molar-refractivity contribution in [3.8, 4) is 0 Å². The van der Waals surface area contributed by atoms with Gasteiger partial charge in [0.05, 0.1) is 10.6 Å². The monoisotopic (exact) mass is 351 g/mol. The molecule has 1 fully saturated rings. The maximum Gasteiger partial charge on any atom is 0.252 e. The van der Waals surface area contributed by atoms with Crippen LogP contribution in [0.1, 0.15) is 37.0 Å². The summed E-state index contributed by atoms with van der Waals surface area (Å²) in [5.41, 5.74) is 0.760. The maximum atomic E-state index is 12.7. The average molecular weight is 352 g/mol. The van der Waals surface area contributed by atoms with Crippen LogP contribution in [0, 0.1) is 5.92 Å². The highest BCUT2D eigenvalue weighted by Crippen LogP contribution is 2.23. The predicted molar refractivity (Wildman–Crippen MR) is 93.0 cm³/mol. The normalized spacial score (nSPS) is 15.5. The summed E-state index contributed by atoms with van der Waals surface area (Å²) < 4.78 is 0. The minimum Gasteiger partial charge on any atom is -0.355 e. The van der Waals surface area contributed by atoms with Crippen LogP contribution in [0.5, 0.6) is 0 Å². The summed E-state index contributed by atoms with van der Waals surface area (Å²) in [6, 6.07) is 4.20. The van der Waals surface area contributed by atoms with Crippen LogP contribution in [-0.4, -0.2) is 42.3 Å². The van der Waals surface area contributed by atoms with Crippen molar-refractivity contribution < 1.29 is 14.4 Å². The van der Waals surface area contributed by atoms with Crippen molar-refractivity contribution in [3.63, 3.8) is 0 Å². The number of hydrogen-bond acceptors (Lipinski definition) is 3. The van der Waals surface area contributed by atoms with Gasteiger partial charge in [0.1, 0.15) is 6.04 Å². The van der Waals surface area contributed by atoms with E-state index in [0.29, 0.717) is 23.7 Å². The molecule has 0 aromatic heterocycles. The van der Waals surface area contributed by atoms with Gasteiger partial charge in [-0.25, -0.2) is 0 Å². The Hall–Kier alpha value is -2.08.